The first kappa shape index (κ1) is 10.7. The van der Waals surface area contributed by atoms with E-state index in [0.29, 0.717) is 0 Å². The van der Waals surface area contributed by atoms with Crippen molar-refractivity contribution in [3.63, 3.8) is 0 Å². The molecule has 0 fully saturated rings. The summed E-state index contributed by atoms with van der Waals surface area (Å²) in [6, 6.07) is -0.0624. The second-order valence-electron chi connectivity index (χ2n) is 3.35. The Morgan fingerprint density at radius 3 is 2.33 bits per heavy atom. The van der Waals surface area contributed by atoms with Crippen molar-refractivity contribution in [3.05, 3.63) is 0 Å². The largest absolute Gasteiger partial charge is 0.352 e. The van der Waals surface area contributed by atoms with E-state index in [1.807, 2.05) is 0 Å². The van der Waals surface area contributed by atoms with E-state index in [0.717, 1.165) is 0 Å². The van der Waals surface area contributed by atoms with Gasteiger partial charge in [-0.2, -0.15) is 5.48 Å². The lowest BCUT2D eigenvalue weighted by atomic mass is 9.96. The van der Waals surface area contributed by atoms with Crippen LogP contribution in [-0.2, 0) is 9.63 Å². The van der Waals surface area contributed by atoms with Gasteiger partial charge in [0.05, 0.1) is 0 Å². The summed E-state index contributed by atoms with van der Waals surface area (Å²) in [5.74, 6) is -0.242. The zero-order valence-corrected chi connectivity index (χ0v) is 7.84. The molecule has 3 N–H and O–H groups in total. The smallest absolute Gasteiger partial charge is 0.309 e. The monoisotopic (exact) mass is 173 g/mol. The molecule has 0 unspecified atom stereocenters. The van der Waals surface area contributed by atoms with Crippen LogP contribution < -0.4 is 11.2 Å². The minimum atomic E-state index is -0.492. The van der Waals surface area contributed by atoms with Gasteiger partial charge in [-0.3, -0.25) is 4.79 Å². The molecule has 5 nitrogen and oxygen atoms in total. The number of nitrogens with zero attached hydrogens (tertiary/aromatic N) is 1. The summed E-state index contributed by atoms with van der Waals surface area (Å²) in [6.45, 7) is 5.31. The summed E-state index contributed by atoms with van der Waals surface area (Å²) in [5.41, 5.74) is 6.86. The zero-order valence-electron chi connectivity index (χ0n) is 7.84. The van der Waals surface area contributed by atoms with Gasteiger partial charge in [0.25, 0.3) is 5.91 Å². The molecular formula is C7H15N3O2. The molecular weight excluding hydrogens is 158 g/mol. The number of aliphatic imine (C=N–C) groups is 1. The van der Waals surface area contributed by atoms with Gasteiger partial charge in [-0.05, 0) is 0 Å². The fraction of sp³-hybridized carbons (Fsp3) is 0.714. The molecule has 0 rings (SSSR count). The Kier molecular flexibility index (Phi) is 3.53. The Balaban J connectivity index is 3.89. The van der Waals surface area contributed by atoms with Crippen molar-refractivity contribution in [3.8, 4) is 0 Å². The van der Waals surface area contributed by atoms with E-state index < -0.39 is 5.41 Å². The maximum Gasteiger partial charge on any atom is 0.309 e. The number of hydroxylamine groups is 1. The van der Waals surface area contributed by atoms with Gasteiger partial charge in [-0.1, -0.05) is 20.8 Å². The molecule has 0 radical (unpaired) electrons. The standard InChI is InChI=1S/C7H15N3O2/c1-7(2,3)5(11)10-12-6(8)9-4/h1-4H3,(H2,8,9)(H,10,11). The lowest BCUT2D eigenvalue weighted by Gasteiger charge is -2.16. The number of amides is 1. The predicted molar refractivity (Wildman–Crippen MR) is 46.2 cm³/mol. The fourth-order valence-corrected chi connectivity index (χ4v) is 0.297. The van der Waals surface area contributed by atoms with Crippen LogP contribution in [-0.4, -0.2) is 19.0 Å². The van der Waals surface area contributed by atoms with Crippen molar-refractivity contribution < 1.29 is 9.63 Å². The quantitative estimate of drug-likeness (QED) is 0.308. The van der Waals surface area contributed by atoms with Gasteiger partial charge in [0, 0.05) is 12.5 Å². The third-order valence-electron chi connectivity index (χ3n) is 1.15. The molecule has 0 spiro atoms. The summed E-state index contributed by atoms with van der Waals surface area (Å²) < 4.78 is 0. The van der Waals surface area contributed by atoms with Crippen LogP contribution in [0.25, 0.3) is 0 Å². The molecule has 0 heterocycles. The highest BCUT2D eigenvalue weighted by Crippen LogP contribution is 2.11. The third-order valence-corrected chi connectivity index (χ3v) is 1.15. The average Bonchev–Trinajstić information content (AvgIpc) is 1.97. The molecule has 0 bridgehead atoms. The first-order valence-corrected chi connectivity index (χ1v) is 3.57. The lowest BCUT2D eigenvalue weighted by molar-refractivity contribution is -0.136. The van der Waals surface area contributed by atoms with Crippen LogP contribution in [0.1, 0.15) is 20.8 Å². The number of carbonyl (C=O) groups is 1. The fourth-order valence-electron chi connectivity index (χ4n) is 0.297. The van der Waals surface area contributed by atoms with E-state index in [1.54, 1.807) is 20.8 Å². The molecule has 0 atom stereocenters. The molecule has 70 valence electrons. The van der Waals surface area contributed by atoms with Crippen molar-refractivity contribution in [2.24, 2.45) is 16.1 Å². The molecule has 0 aromatic rings. The SMILES string of the molecule is CN=C(N)ONC(=O)C(C)(C)C. The molecule has 0 saturated heterocycles. The molecule has 0 aliphatic carbocycles. The molecule has 0 saturated carbocycles. The molecule has 0 aromatic carbocycles. The van der Waals surface area contributed by atoms with Gasteiger partial charge < -0.3 is 10.6 Å². The normalized spacial score (nSPS) is 12.5. The Morgan fingerprint density at radius 1 is 1.50 bits per heavy atom. The number of hydrogen-bond acceptors (Lipinski definition) is 3. The summed E-state index contributed by atoms with van der Waals surface area (Å²) in [7, 11) is 1.47. The van der Waals surface area contributed by atoms with Crippen LogP contribution in [0.4, 0.5) is 0 Å². The van der Waals surface area contributed by atoms with E-state index in [-0.39, 0.29) is 11.9 Å². The first-order valence-electron chi connectivity index (χ1n) is 3.57. The van der Waals surface area contributed by atoms with Gasteiger partial charge in [-0.25, -0.2) is 4.99 Å². The minimum Gasteiger partial charge on any atom is -0.352 e. The Bertz CT molecular complexity index is 193. The van der Waals surface area contributed by atoms with Gasteiger partial charge >= 0.3 is 6.02 Å². The lowest BCUT2D eigenvalue weighted by Crippen LogP contribution is -2.38. The number of carbonyl (C=O) groups excluding carboxylic acids is 1. The minimum absolute atomic E-state index is 0.0624. The van der Waals surface area contributed by atoms with Crippen LogP contribution in [0, 0.1) is 5.41 Å². The van der Waals surface area contributed by atoms with Gasteiger partial charge in [0.15, 0.2) is 0 Å². The van der Waals surface area contributed by atoms with E-state index in [2.05, 4.69) is 15.3 Å². The first-order chi connectivity index (χ1) is 5.38. The van der Waals surface area contributed by atoms with Crippen molar-refractivity contribution >= 4 is 11.9 Å². The van der Waals surface area contributed by atoms with Crippen molar-refractivity contribution in [1.29, 1.82) is 0 Å². The number of nitrogens with one attached hydrogen (secondary N) is 1. The Hall–Kier alpha value is -1.26. The molecule has 5 heteroatoms. The molecule has 0 aliphatic heterocycles. The van der Waals surface area contributed by atoms with E-state index in [9.17, 15) is 4.79 Å². The number of rotatable bonds is 0. The van der Waals surface area contributed by atoms with Crippen LogP contribution in [0.5, 0.6) is 0 Å². The Labute approximate surface area is 71.9 Å². The zero-order chi connectivity index (χ0) is 9.78. The molecule has 0 aliphatic rings. The van der Waals surface area contributed by atoms with E-state index in [4.69, 9.17) is 5.73 Å². The van der Waals surface area contributed by atoms with Crippen LogP contribution in [0.2, 0.25) is 0 Å². The second kappa shape index (κ2) is 3.94. The summed E-state index contributed by atoms with van der Waals surface area (Å²) in [5, 5.41) is 0. The summed E-state index contributed by atoms with van der Waals surface area (Å²) >= 11 is 0. The topological polar surface area (TPSA) is 76.7 Å². The maximum atomic E-state index is 11.1. The van der Waals surface area contributed by atoms with Crippen LogP contribution >= 0.6 is 0 Å². The van der Waals surface area contributed by atoms with Gasteiger partial charge in [0.2, 0.25) is 0 Å². The average molecular weight is 173 g/mol. The van der Waals surface area contributed by atoms with Crippen molar-refractivity contribution in [2.45, 2.75) is 20.8 Å². The third kappa shape index (κ3) is 3.80. The Morgan fingerprint density at radius 2 is 2.00 bits per heavy atom. The highest BCUT2D eigenvalue weighted by Gasteiger charge is 2.21. The maximum absolute atomic E-state index is 11.1. The van der Waals surface area contributed by atoms with E-state index in [1.165, 1.54) is 7.05 Å². The summed E-state index contributed by atoms with van der Waals surface area (Å²) in [6.07, 6.45) is 0. The van der Waals surface area contributed by atoms with Gasteiger partial charge in [0.1, 0.15) is 0 Å². The van der Waals surface area contributed by atoms with Crippen molar-refractivity contribution in [1.82, 2.24) is 5.48 Å². The highest BCUT2D eigenvalue weighted by molar-refractivity contribution is 5.82. The predicted octanol–water partition coefficient (Wildman–Crippen LogP) is 0.0248. The number of amidine groups is 1. The van der Waals surface area contributed by atoms with E-state index >= 15 is 0 Å². The second-order valence-corrected chi connectivity index (χ2v) is 3.35. The molecule has 0 aromatic heterocycles. The van der Waals surface area contributed by atoms with Crippen LogP contribution in [0.15, 0.2) is 4.99 Å². The number of hydrogen-bond donors (Lipinski definition) is 2. The van der Waals surface area contributed by atoms with Crippen molar-refractivity contribution in [2.75, 3.05) is 7.05 Å². The van der Waals surface area contributed by atoms with Crippen LogP contribution in [0.3, 0.4) is 0 Å². The summed E-state index contributed by atoms with van der Waals surface area (Å²) in [4.78, 5) is 19.2. The number of nitrogens with two attached hydrogens (primary N) is 1. The molecule has 1 amide bonds. The van der Waals surface area contributed by atoms with Gasteiger partial charge in [-0.15, -0.1) is 0 Å². The highest BCUT2D eigenvalue weighted by atomic mass is 16.7. The molecule has 12 heavy (non-hydrogen) atoms.